The summed E-state index contributed by atoms with van der Waals surface area (Å²) in [5, 5.41) is 21.0. The lowest BCUT2D eigenvalue weighted by Gasteiger charge is -2.35. The maximum Gasteiger partial charge on any atom is 0.323 e. The molecule has 1 unspecified atom stereocenters. The molecule has 4 rings (SSSR count). The first-order valence-electron chi connectivity index (χ1n) is 9.82. The molecular formula is C22H14F7N5O. The second-order valence-corrected chi connectivity index (χ2v) is 7.58. The summed E-state index contributed by atoms with van der Waals surface area (Å²) in [5.41, 5.74) is -6.99. The van der Waals surface area contributed by atoms with Crippen LogP contribution >= 0.6 is 0 Å². The van der Waals surface area contributed by atoms with Crippen molar-refractivity contribution in [2.75, 3.05) is 0 Å². The van der Waals surface area contributed by atoms with Crippen molar-refractivity contribution in [1.29, 1.82) is 0 Å². The maximum atomic E-state index is 15.7. The van der Waals surface area contributed by atoms with Crippen LogP contribution in [-0.4, -0.2) is 30.3 Å². The van der Waals surface area contributed by atoms with Crippen molar-refractivity contribution in [1.82, 2.24) is 25.2 Å². The first-order valence-corrected chi connectivity index (χ1v) is 9.82. The SMILES string of the molecule is OC(Cn1cnnn1)(c1ccc(F)cc1F)C(F)(F)c1ccc(C(F)(F)c2ccc(F)cc2)cn1. The molecule has 13 heteroatoms. The smallest absolute Gasteiger partial charge is 0.323 e. The van der Waals surface area contributed by atoms with Crippen molar-refractivity contribution >= 4 is 0 Å². The number of aromatic nitrogens is 5. The summed E-state index contributed by atoms with van der Waals surface area (Å²) in [6.45, 7) is -1.09. The molecule has 0 aliphatic rings. The molecule has 6 nitrogen and oxygen atoms in total. The van der Waals surface area contributed by atoms with Crippen LogP contribution in [0.15, 0.2) is 67.1 Å². The van der Waals surface area contributed by atoms with Crippen molar-refractivity contribution in [3.8, 4) is 0 Å². The molecule has 0 radical (unpaired) electrons. The fourth-order valence-electron chi connectivity index (χ4n) is 3.47. The Hall–Kier alpha value is -3.87. The van der Waals surface area contributed by atoms with Gasteiger partial charge in [-0.15, -0.1) is 5.10 Å². The van der Waals surface area contributed by atoms with Crippen molar-refractivity contribution in [3.63, 3.8) is 0 Å². The topological polar surface area (TPSA) is 76.7 Å². The van der Waals surface area contributed by atoms with Gasteiger partial charge in [0.15, 0.2) is 5.60 Å². The zero-order chi connectivity index (χ0) is 25.4. The summed E-state index contributed by atoms with van der Waals surface area (Å²) < 4.78 is 103. The van der Waals surface area contributed by atoms with Crippen molar-refractivity contribution in [2.45, 2.75) is 24.0 Å². The summed E-state index contributed by atoms with van der Waals surface area (Å²) in [7, 11) is 0. The highest BCUT2D eigenvalue weighted by Crippen LogP contribution is 2.47. The Morgan fingerprint density at radius 2 is 1.49 bits per heavy atom. The minimum atomic E-state index is -4.40. The fourth-order valence-corrected chi connectivity index (χ4v) is 3.47. The van der Waals surface area contributed by atoms with E-state index in [9.17, 15) is 27.1 Å². The summed E-state index contributed by atoms with van der Waals surface area (Å²) in [5.74, 6) is -11.4. The quantitative estimate of drug-likeness (QED) is 0.386. The molecule has 0 bridgehead atoms. The number of nitrogens with zero attached hydrogens (tertiary/aromatic N) is 5. The normalized spacial score (nSPS) is 14.1. The molecule has 0 aliphatic carbocycles. The Bertz CT molecular complexity index is 1320. The van der Waals surface area contributed by atoms with Crippen molar-refractivity contribution in [3.05, 3.63) is 107 Å². The van der Waals surface area contributed by atoms with E-state index in [2.05, 4.69) is 20.5 Å². The summed E-state index contributed by atoms with van der Waals surface area (Å²) in [4.78, 5) is 3.41. The molecular weight excluding hydrogens is 483 g/mol. The van der Waals surface area contributed by atoms with E-state index in [-0.39, 0.29) is 0 Å². The highest BCUT2D eigenvalue weighted by molar-refractivity contribution is 5.35. The van der Waals surface area contributed by atoms with E-state index in [1.165, 1.54) is 0 Å². The van der Waals surface area contributed by atoms with Gasteiger partial charge in [0.1, 0.15) is 29.5 Å². The van der Waals surface area contributed by atoms with Gasteiger partial charge in [0.05, 0.1) is 6.54 Å². The third-order valence-electron chi connectivity index (χ3n) is 5.33. The van der Waals surface area contributed by atoms with Crippen molar-refractivity contribution in [2.24, 2.45) is 0 Å². The number of hydrogen-bond donors (Lipinski definition) is 1. The van der Waals surface area contributed by atoms with Crippen LogP contribution in [0.3, 0.4) is 0 Å². The summed E-state index contributed by atoms with van der Waals surface area (Å²) in [6.07, 6.45) is 1.34. The summed E-state index contributed by atoms with van der Waals surface area (Å²) in [6, 6.07) is 6.08. The number of halogens is 7. The van der Waals surface area contributed by atoms with Gasteiger partial charge in [0.2, 0.25) is 0 Å². The van der Waals surface area contributed by atoms with Crippen LogP contribution in [-0.2, 0) is 24.0 Å². The number of rotatable bonds is 7. The zero-order valence-corrected chi connectivity index (χ0v) is 17.4. The van der Waals surface area contributed by atoms with Gasteiger partial charge in [0.25, 0.3) is 5.92 Å². The second kappa shape index (κ2) is 8.73. The molecule has 1 N–H and O–H groups in total. The molecule has 182 valence electrons. The third kappa shape index (κ3) is 4.34. The first-order chi connectivity index (χ1) is 16.4. The molecule has 35 heavy (non-hydrogen) atoms. The molecule has 0 saturated heterocycles. The number of tetrazole rings is 1. The van der Waals surface area contributed by atoms with Crippen LogP contribution < -0.4 is 0 Å². The van der Waals surface area contributed by atoms with Gasteiger partial charge in [-0.1, -0.05) is 0 Å². The van der Waals surface area contributed by atoms with E-state index < -0.39 is 63.8 Å². The minimum Gasteiger partial charge on any atom is -0.377 e. The average molecular weight is 497 g/mol. The van der Waals surface area contributed by atoms with Crippen LogP contribution in [0.2, 0.25) is 0 Å². The van der Waals surface area contributed by atoms with Crippen LogP contribution in [0.5, 0.6) is 0 Å². The number of aliphatic hydroxyl groups is 1. The van der Waals surface area contributed by atoms with E-state index in [1.807, 2.05) is 0 Å². The monoisotopic (exact) mass is 497 g/mol. The standard InChI is InChI=1S/C22H14F7N5O/c23-15-4-1-13(2-5-15)21(26,27)14-3-8-19(30-10-14)22(28,29)20(35,11-34-12-31-32-33-34)17-7-6-16(24)9-18(17)25/h1-10,12,35H,11H2. The minimum absolute atomic E-state index is 0.301. The number of pyridine rings is 1. The van der Waals surface area contributed by atoms with Gasteiger partial charge >= 0.3 is 5.92 Å². The van der Waals surface area contributed by atoms with Crippen molar-refractivity contribution < 1.29 is 35.8 Å². The maximum absolute atomic E-state index is 15.7. The van der Waals surface area contributed by atoms with Gasteiger partial charge < -0.3 is 5.11 Å². The van der Waals surface area contributed by atoms with Gasteiger partial charge in [-0.05, 0) is 59.0 Å². The molecule has 2 heterocycles. The Balaban J connectivity index is 1.76. The van der Waals surface area contributed by atoms with E-state index in [1.54, 1.807) is 0 Å². The molecule has 2 aromatic heterocycles. The number of benzene rings is 2. The Labute approximate surface area is 192 Å². The van der Waals surface area contributed by atoms with Gasteiger partial charge in [0, 0.05) is 29.0 Å². The molecule has 1 atom stereocenters. The molecule has 0 amide bonds. The Kier molecular flexibility index (Phi) is 6.05. The average Bonchev–Trinajstić information content (AvgIpc) is 3.32. The van der Waals surface area contributed by atoms with Crippen LogP contribution in [0.1, 0.15) is 22.4 Å². The molecule has 0 saturated carbocycles. The third-order valence-corrected chi connectivity index (χ3v) is 5.33. The largest absolute Gasteiger partial charge is 0.377 e. The Morgan fingerprint density at radius 1 is 0.829 bits per heavy atom. The van der Waals surface area contributed by atoms with Crippen LogP contribution in [0.25, 0.3) is 0 Å². The number of hydrogen-bond acceptors (Lipinski definition) is 5. The second-order valence-electron chi connectivity index (χ2n) is 7.58. The Morgan fingerprint density at radius 3 is 2.06 bits per heavy atom. The number of alkyl halides is 4. The fraction of sp³-hybridized carbons (Fsp3) is 0.182. The predicted molar refractivity (Wildman–Crippen MR) is 106 cm³/mol. The lowest BCUT2D eigenvalue weighted by Crippen LogP contribution is -2.48. The van der Waals surface area contributed by atoms with E-state index in [4.69, 9.17) is 0 Å². The van der Waals surface area contributed by atoms with Crippen LogP contribution in [0, 0.1) is 17.5 Å². The highest BCUT2D eigenvalue weighted by Gasteiger charge is 2.58. The lowest BCUT2D eigenvalue weighted by atomic mass is 9.84. The molecule has 0 fully saturated rings. The van der Waals surface area contributed by atoms with E-state index >= 15 is 8.78 Å². The zero-order valence-electron chi connectivity index (χ0n) is 17.4. The molecule has 2 aromatic carbocycles. The van der Waals surface area contributed by atoms with Gasteiger partial charge in [-0.2, -0.15) is 17.6 Å². The summed E-state index contributed by atoms with van der Waals surface area (Å²) >= 11 is 0. The molecule has 0 spiro atoms. The van der Waals surface area contributed by atoms with Gasteiger partial charge in [-0.3, -0.25) is 4.98 Å². The van der Waals surface area contributed by atoms with E-state index in [0.29, 0.717) is 41.2 Å². The van der Waals surface area contributed by atoms with Crippen LogP contribution in [0.4, 0.5) is 30.7 Å². The van der Waals surface area contributed by atoms with E-state index in [0.717, 1.165) is 30.6 Å². The predicted octanol–water partition coefficient (Wildman–Crippen LogP) is 4.31. The first kappa shape index (κ1) is 24.3. The molecule has 4 aromatic rings. The molecule has 0 aliphatic heterocycles. The van der Waals surface area contributed by atoms with Gasteiger partial charge in [-0.25, -0.2) is 17.9 Å². The highest BCUT2D eigenvalue weighted by atomic mass is 19.3. The lowest BCUT2D eigenvalue weighted by molar-refractivity contribution is -0.207.